The van der Waals surface area contributed by atoms with Gasteiger partial charge in [0, 0.05) is 18.0 Å². The van der Waals surface area contributed by atoms with Gasteiger partial charge in [0.1, 0.15) is 11.9 Å². The summed E-state index contributed by atoms with van der Waals surface area (Å²) in [7, 11) is 0. The van der Waals surface area contributed by atoms with E-state index in [4.69, 9.17) is 0 Å². The van der Waals surface area contributed by atoms with Crippen molar-refractivity contribution in [2.45, 2.75) is 13.5 Å². The summed E-state index contributed by atoms with van der Waals surface area (Å²) in [5, 5.41) is 6.32. The first kappa shape index (κ1) is 11.5. The van der Waals surface area contributed by atoms with Crippen molar-refractivity contribution in [1.82, 2.24) is 19.9 Å². The molecule has 0 radical (unpaired) electrons. The lowest BCUT2D eigenvalue weighted by Crippen LogP contribution is -2.23. The molecule has 1 N–H and O–H groups in total. The molecule has 3 heterocycles. The largest absolute Gasteiger partial charge is 0.364 e. The molecule has 0 atom stereocenters. The number of hydrogen-bond donors (Lipinski definition) is 1. The molecule has 3 rings (SSSR count). The maximum atomic E-state index is 11.7. The number of nitrogens with one attached hydrogen (secondary N) is 1. The Bertz CT molecular complexity index is 715. The lowest BCUT2D eigenvalue weighted by molar-refractivity contribution is 0.0941. The Balaban J connectivity index is 1.75. The highest BCUT2D eigenvalue weighted by Gasteiger charge is 2.09. The summed E-state index contributed by atoms with van der Waals surface area (Å²) < 4.78 is 6.60. The van der Waals surface area contributed by atoms with Crippen molar-refractivity contribution in [1.29, 1.82) is 0 Å². The van der Waals surface area contributed by atoms with Crippen LogP contribution in [-0.2, 0) is 6.54 Å². The van der Waals surface area contributed by atoms with E-state index in [9.17, 15) is 4.79 Å². The number of rotatable bonds is 3. The van der Waals surface area contributed by atoms with Gasteiger partial charge in [-0.05, 0) is 19.1 Å². The SMILES string of the molecule is Cc1cccc2nc(CNC(=O)c3ccon3)cn12. The number of pyridine rings is 1. The zero-order chi connectivity index (χ0) is 13.2. The Labute approximate surface area is 109 Å². The van der Waals surface area contributed by atoms with Gasteiger partial charge in [0.15, 0.2) is 5.69 Å². The van der Waals surface area contributed by atoms with Gasteiger partial charge >= 0.3 is 0 Å². The van der Waals surface area contributed by atoms with Crippen LogP contribution < -0.4 is 5.32 Å². The van der Waals surface area contributed by atoms with Crippen molar-refractivity contribution in [3.63, 3.8) is 0 Å². The Morgan fingerprint density at radius 1 is 1.42 bits per heavy atom. The summed E-state index contributed by atoms with van der Waals surface area (Å²) >= 11 is 0. The molecule has 6 nitrogen and oxygen atoms in total. The molecule has 6 heteroatoms. The quantitative estimate of drug-likeness (QED) is 0.771. The van der Waals surface area contributed by atoms with E-state index < -0.39 is 0 Å². The molecule has 0 spiro atoms. The van der Waals surface area contributed by atoms with Crippen LogP contribution >= 0.6 is 0 Å². The summed E-state index contributed by atoms with van der Waals surface area (Å²) in [6.07, 6.45) is 3.27. The highest BCUT2D eigenvalue weighted by molar-refractivity contribution is 5.91. The number of hydrogen-bond acceptors (Lipinski definition) is 4. The minimum atomic E-state index is -0.275. The second-order valence-corrected chi connectivity index (χ2v) is 4.19. The van der Waals surface area contributed by atoms with Gasteiger partial charge in [-0.15, -0.1) is 0 Å². The van der Waals surface area contributed by atoms with E-state index in [1.54, 1.807) is 0 Å². The van der Waals surface area contributed by atoms with Gasteiger partial charge in [-0.25, -0.2) is 4.98 Å². The van der Waals surface area contributed by atoms with E-state index in [0.29, 0.717) is 6.54 Å². The number of aromatic nitrogens is 3. The fourth-order valence-corrected chi connectivity index (χ4v) is 1.88. The molecular formula is C13H12N4O2. The normalized spacial score (nSPS) is 10.8. The summed E-state index contributed by atoms with van der Waals surface area (Å²) in [6, 6.07) is 7.40. The van der Waals surface area contributed by atoms with Crippen molar-refractivity contribution in [2.75, 3.05) is 0 Å². The predicted molar refractivity (Wildman–Crippen MR) is 67.6 cm³/mol. The van der Waals surface area contributed by atoms with Gasteiger partial charge < -0.3 is 14.2 Å². The third-order valence-electron chi connectivity index (χ3n) is 2.85. The molecule has 96 valence electrons. The van der Waals surface area contributed by atoms with Crippen LogP contribution in [0.4, 0.5) is 0 Å². The molecule has 1 amide bonds. The third-order valence-corrected chi connectivity index (χ3v) is 2.85. The van der Waals surface area contributed by atoms with Crippen LogP contribution in [0.25, 0.3) is 5.65 Å². The molecule has 0 bridgehead atoms. The summed E-state index contributed by atoms with van der Waals surface area (Å²) in [4.78, 5) is 16.1. The summed E-state index contributed by atoms with van der Waals surface area (Å²) in [5.41, 5.74) is 3.02. The predicted octanol–water partition coefficient (Wildman–Crippen LogP) is 1.56. The smallest absolute Gasteiger partial charge is 0.273 e. The molecule has 0 saturated carbocycles. The summed E-state index contributed by atoms with van der Waals surface area (Å²) in [6.45, 7) is 2.36. The average molecular weight is 256 g/mol. The van der Waals surface area contributed by atoms with Gasteiger partial charge in [0.05, 0.1) is 12.2 Å². The topological polar surface area (TPSA) is 72.4 Å². The van der Waals surface area contributed by atoms with Crippen LogP contribution in [0.5, 0.6) is 0 Å². The van der Waals surface area contributed by atoms with Crippen molar-refractivity contribution >= 4 is 11.6 Å². The molecule has 0 aliphatic rings. The number of imidazole rings is 1. The highest BCUT2D eigenvalue weighted by Crippen LogP contribution is 2.08. The fraction of sp³-hybridized carbons (Fsp3) is 0.154. The first-order chi connectivity index (χ1) is 9.24. The van der Waals surface area contributed by atoms with E-state index >= 15 is 0 Å². The number of fused-ring (bicyclic) bond motifs is 1. The van der Waals surface area contributed by atoms with Crippen LogP contribution in [0, 0.1) is 6.92 Å². The van der Waals surface area contributed by atoms with Crippen molar-refractivity contribution in [3.05, 3.63) is 53.8 Å². The molecule has 0 unspecified atom stereocenters. The maximum absolute atomic E-state index is 11.7. The maximum Gasteiger partial charge on any atom is 0.273 e. The number of amides is 1. The number of nitrogens with zero attached hydrogens (tertiary/aromatic N) is 3. The molecule has 19 heavy (non-hydrogen) atoms. The van der Waals surface area contributed by atoms with E-state index in [2.05, 4.69) is 20.0 Å². The lowest BCUT2D eigenvalue weighted by Gasteiger charge is -1.98. The fourth-order valence-electron chi connectivity index (χ4n) is 1.88. The van der Waals surface area contributed by atoms with Crippen LogP contribution in [-0.4, -0.2) is 20.4 Å². The Morgan fingerprint density at radius 3 is 3.05 bits per heavy atom. The van der Waals surface area contributed by atoms with Gasteiger partial charge in [0.2, 0.25) is 0 Å². The van der Waals surface area contributed by atoms with Crippen LogP contribution in [0.2, 0.25) is 0 Å². The molecule has 0 saturated heterocycles. The second kappa shape index (κ2) is 4.56. The van der Waals surface area contributed by atoms with E-state index in [1.165, 1.54) is 12.3 Å². The molecule has 3 aromatic rings. The molecule has 0 aliphatic carbocycles. The molecule has 0 fully saturated rings. The lowest BCUT2D eigenvalue weighted by atomic mass is 10.4. The molecule has 0 aromatic carbocycles. The van der Waals surface area contributed by atoms with Gasteiger partial charge in [-0.3, -0.25) is 4.79 Å². The minimum absolute atomic E-state index is 0.264. The van der Waals surface area contributed by atoms with Crippen LogP contribution in [0.15, 0.2) is 41.2 Å². The highest BCUT2D eigenvalue weighted by atomic mass is 16.5. The minimum Gasteiger partial charge on any atom is -0.364 e. The number of carbonyl (C=O) groups excluding carboxylic acids is 1. The third kappa shape index (κ3) is 2.20. The molecule has 0 aliphatic heterocycles. The van der Waals surface area contributed by atoms with Crippen molar-refractivity contribution < 1.29 is 9.32 Å². The van der Waals surface area contributed by atoms with E-state index in [-0.39, 0.29) is 11.6 Å². The van der Waals surface area contributed by atoms with E-state index in [1.807, 2.05) is 35.7 Å². The van der Waals surface area contributed by atoms with Crippen molar-refractivity contribution in [2.24, 2.45) is 0 Å². The van der Waals surface area contributed by atoms with E-state index in [0.717, 1.165) is 17.0 Å². The Morgan fingerprint density at radius 2 is 2.32 bits per heavy atom. The zero-order valence-corrected chi connectivity index (χ0v) is 10.3. The number of carbonyl (C=O) groups is 1. The van der Waals surface area contributed by atoms with Crippen LogP contribution in [0.1, 0.15) is 21.9 Å². The first-order valence-corrected chi connectivity index (χ1v) is 5.86. The van der Waals surface area contributed by atoms with Gasteiger partial charge in [-0.1, -0.05) is 11.2 Å². The molecular weight excluding hydrogens is 244 g/mol. The second-order valence-electron chi connectivity index (χ2n) is 4.19. The van der Waals surface area contributed by atoms with Crippen LogP contribution in [0.3, 0.4) is 0 Å². The zero-order valence-electron chi connectivity index (χ0n) is 10.3. The Hall–Kier alpha value is -2.63. The summed E-state index contributed by atoms with van der Waals surface area (Å²) in [5.74, 6) is -0.275. The van der Waals surface area contributed by atoms with Crippen molar-refractivity contribution in [3.8, 4) is 0 Å². The first-order valence-electron chi connectivity index (χ1n) is 5.86. The standard InChI is InChI=1S/C13H12N4O2/c1-9-3-2-4-12-15-10(8-17(9)12)7-14-13(18)11-5-6-19-16-11/h2-6,8H,7H2,1H3,(H,14,18). The molecule has 3 aromatic heterocycles. The average Bonchev–Trinajstić information content (AvgIpc) is 3.05. The van der Waals surface area contributed by atoms with Gasteiger partial charge in [-0.2, -0.15) is 0 Å². The number of aryl methyl sites for hydroxylation is 1. The Kier molecular flexibility index (Phi) is 2.75. The monoisotopic (exact) mass is 256 g/mol. The van der Waals surface area contributed by atoms with Gasteiger partial charge in [0.25, 0.3) is 5.91 Å².